The van der Waals surface area contributed by atoms with Gasteiger partial charge in [0.15, 0.2) is 17.6 Å². The molecular formula is C26H22F2N2O5. The molecule has 35 heavy (non-hydrogen) atoms. The average Bonchev–Trinajstić information content (AvgIpc) is 3.25. The number of amides is 2. The highest BCUT2D eigenvalue weighted by atomic mass is 19.1. The molecule has 2 aliphatic heterocycles. The molecule has 7 nitrogen and oxygen atoms in total. The molecule has 0 radical (unpaired) electrons. The molecule has 2 heterocycles. The van der Waals surface area contributed by atoms with Gasteiger partial charge in [-0.15, -0.1) is 0 Å². The van der Waals surface area contributed by atoms with E-state index in [1.807, 2.05) is 25.1 Å². The predicted octanol–water partition coefficient (Wildman–Crippen LogP) is 4.65. The Bertz CT molecular complexity index is 1310. The van der Waals surface area contributed by atoms with E-state index in [1.54, 1.807) is 23.1 Å². The molecular weight excluding hydrogens is 458 g/mol. The zero-order valence-corrected chi connectivity index (χ0v) is 18.8. The van der Waals surface area contributed by atoms with Crippen molar-refractivity contribution in [1.29, 1.82) is 0 Å². The second kappa shape index (κ2) is 9.25. The van der Waals surface area contributed by atoms with Gasteiger partial charge in [0.1, 0.15) is 17.4 Å². The lowest BCUT2D eigenvalue weighted by molar-refractivity contribution is -0.139. The van der Waals surface area contributed by atoms with E-state index in [0.717, 1.165) is 17.7 Å². The predicted molar refractivity (Wildman–Crippen MR) is 122 cm³/mol. The topological polar surface area (TPSA) is 77.1 Å². The minimum absolute atomic E-state index is 0.152. The van der Waals surface area contributed by atoms with Crippen LogP contribution in [0, 0.1) is 11.6 Å². The molecule has 1 N–H and O–H groups in total. The van der Waals surface area contributed by atoms with Crippen LogP contribution < -0.4 is 19.5 Å². The molecule has 3 aromatic carbocycles. The van der Waals surface area contributed by atoms with Gasteiger partial charge in [-0.05, 0) is 54.4 Å². The summed E-state index contributed by atoms with van der Waals surface area (Å²) in [6.45, 7) is 2.61. The average molecular weight is 480 g/mol. The molecule has 2 aliphatic rings. The van der Waals surface area contributed by atoms with E-state index in [0.29, 0.717) is 47.5 Å². The van der Waals surface area contributed by atoms with E-state index < -0.39 is 23.6 Å². The van der Waals surface area contributed by atoms with Crippen molar-refractivity contribution in [2.24, 2.45) is 0 Å². The largest absolute Gasteiger partial charge is 0.480 e. The van der Waals surface area contributed by atoms with Crippen molar-refractivity contribution >= 4 is 17.5 Å². The molecule has 0 saturated carbocycles. The second-order valence-electron chi connectivity index (χ2n) is 8.30. The maximum atomic E-state index is 14.0. The van der Waals surface area contributed by atoms with Crippen LogP contribution in [0.2, 0.25) is 0 Å². The highest BCUT2D eigenvalue weighted by Gasteiger charge is 2.30. The molecule has 0 aliphatic carbocycles. The van der Waals surface area contributed by atoms with Crippen LogP contribution in [-0.4, -0.2) is 29.6 Å². The van der Waals surface area contributed by atoms with E-state index in [2.05, 4.69) is 5.32 Å². The van der Waals surface area contributed by atoms with Crippen molar-refractivity contribution in [2.75, 3.05) is 12.1 Å². The summed E-state index contributed by atoms with van der Waals surface area (Å²) in [6.07, 6.45) is -0.169. The molecule has 2 amide bonds. The van der Waals surface area contributed by atoms with Crippen LogP contribution in [0.5, 0.6) is 17.2 Å². The first kappa shape index (κ1) is 22.6. The third kappa shape index (κ3) is 4.62. The fraction of sp³-hybridized carbons (Fsp3) is 0.231. The summed E-state index contributed by atoms with van der Waals surface area (Å²) in [5.74, 6) is -0.757. The van der Waals surface area contributed by atoms with Crippen molar-refractivity contribution < 1.29 is 32.6 Å². The SMILES string of the molecule is CC[C@H]1Oc2ccc(NC(=O)c3ccc(F)cc3F)cc2CN(Cc2ccc3c(c2)OCO3)C1=O. The highest BCUT2D eigenvalue weighted by molar-refractivity contribution is 6.04. The van der Waals surface area contributed by atoms with Crippen LogP contribution in [0.15, 0.2) is 54.6 Å². The Morgan fingerprint density at radius 3 is 2.63 bits per heavy atom. The van der Waals surface area contributed by atoms with Gasteiger partial charge in [-0.2, -0.15) is 0 Å². The Morgan fingerprint density at radius 1 is 1.03 bits per heavy atom. The zero-order chi connectivity index (χ0) is 24.5. The number of hydrogen-bond acceptors (Lipinski definition) is 5. The van der Waals surface area contributed by atoms with Crippen LogP contribution in [0.1, 0.15) is 34.8 Å². The number of rotatable bonds is 5. The van der Waals surface area contributed by atoms with Gasteiger partial charge in [0.25, 0.3) is 11.8 Å². The van der Waals surface area contributed by atoms with E-state index in [4.69, 9.17) is 14.2 Å². The van der Waals surface area contributed by atoms with Gasteiger partial charge in [-0.3, -0.25) is 9.59 Å². The van der Waals surface area contributed by atoms with Crippen molar-refractivity contribution in [3.63, 3.8) is 0 Å². The molecule has 0 fully saturated rings. The Morgan fingerprint density at radius 2 is 1.83 bits per heavy atom. The number of hydrogen-bond donors (Lipinski definition) is 1. The zero-order valence-electron chi connectivity index (χ0n) is 18.8. The Kier molecular flexibility index (Phi) is 5.98. The quantitative estimate of drug-likeness (QED) is 0.576. The number of anilines is 1. The van der Waals surface area contributed by atoms with Crippen LogP contribution in [0.25, 0.3) is 0 Å². The molecule has 5 rings (SSSR count). The number of nitrogens with zero attached hydrogens (tertiary/aromatic N) is 1. The molecule has 0 spiro atoms. The first-order valence-electron chi connectivity index (χ1n) is 11.1. The standard InChI is InChI=1S/C26H22F2N2O5/c1-2-21-26(32)30(12-15-3-7-23-24(9-15)34-14-33-23)13-16-10-18(5-8-22(16)35-21)29-25(31)19-6-4-17(27)11-20(19)28/h3-11,21H,2,12-14H2,1H3,(H,29,31)/t21-/m1/s1. The van der Waals surface area contributed by atoms with Crippen molar-refractivity contribution in [3.8, 4) is 17.2 Å². The summed E-state index contributed by atoms with van der Waals surface area (Å²) >= 11 is 0. The first-order chi connectivity index (χ1) is 16.9. The summed E-state index contributed by atoms with van der Waals surface area (Å²) in [5, 5.41) is 2.63. The van der Waals surface area contributed by atoms with E-state index in [9.17, 15) is 18.4 Å². The number of benzene rings is 3. The Labute approximate surface area is 200 Å². The Hall–Kier alpha value is -4.14. The van der Waals surface area contributed by atoms with Crippen LogP contribution >= 0.6 is 0 Å². The molecule has 0 bridgehead atoms. The first-order valence-corrected chi connectivity index (χ1v) is 11.1. The monoisotopic (exact) mass is 480 g/mol. The molecule has 0 unspecified atom stereocenters. The lowest BCUT2D eigenvalue weighted by atomic mass is 10.1. The number of nitrogens with one attached hydrogen (secondary N) is 1. The number of carbonyl (C=O) groups is 2. The van der Waals surface area contributed by atoms with E-state index >= 15 is 0 Å². The van der Waals surface area contributed by atoms with Gasteiger partial charge in [0, 0.05) is 30.4 Å². The minimum atomic E-state index is -0.952. The third-order valence-corrected chi connectivity index (χ3v) is 5.89. The summed E-state index contributed by atoms with van der Waals surface area (Å²) in [7, 11) is 0. The van der Waals surface area contributed by atoms with Crippen LogP contribution in [0.4, 0.5) is 14.5 Å². The fourth-order valence-electron chi connectivity index (χ4n) is 4.11. The van der Waals surface area contributed by atoms with Crippen LogP contribution in [0.3, 0.4) is 0 Å². The van der Waals surface area contributed by atoms with Gasteiger partial charge >= 0.3 is 0 Å². The summed E-state index contributed by atoms with van der Waals surface area (Å²) in [6, 6.07) is 13.3. The Balaban J connectivity index is 1.39. The maximum absolute atomic E-state index is 14.0. The van der Waals surface area contributed by atoms with Gasteiger partial charge in [0.2, 0.25) is 6.79 Å². The van der Waals surface area contributed by atoms with Crippen molar-refractivity contribution in [2.45, 2.75) is 32.5 Å². The van der Waals surface area contributed by atoms with Gasteiger partial charge in [-0.25, -0.2) is 8.78 Å². The summed E-state index contributed by atoms with van der Waals surface area (Å²) < 4.78 is 44.0. The smallest absolute Gasteiger partial charge is 0.264 e. The number of carbonyl (C=O) groups excluding carboxylic acids is 2. The number of fused-ring (bicyclic) bond motifs is 2. The summed E-state index contributed by atoms with van der Waals surface area (Å²) in [4.78, 5) is 27.4. The van der Waals surface area contributed by atoms with Gasteiger partial charge in [0.05, 0.1) is 5.56 Å². The lowest BCUT2D eigenvalue weighted by Gasteiger charge is -2.23. The second-order valence-corrected chi connectivity index (χ2v) is 8.30. The molecule has 180 valence electrons. The molecule has 3 aromatic rings. The number of halogens is 2. The van der Waals surface area contributed by atoms with E-state index in [-0.39, 0.29) is 24.8 Å². The fourth-order valence-corrected chi connectivity index (χ4v) is 4.11. The van der Waals surface area contributed by atoms with Gasteiger partial charge in [-0.1, -0.05) is 13.0 Å². The van der Waals surface area contributed by atoms with Crippen molar-refractivity contribution in [1.82, 2.24) is 4.90 Å². The van der Waals surface area contributed by atoms with Gasteiger partial charge < -0.3 is 24.4 Å². The minimum Gasteiger partial charge on any atom is -0.480 e. The van der Waals surface area contributed by atoms with E-state index in [1.165, 1.54) is 0 Å². The molecule has 1 atom stereocenters. The third-order valence-electron chi connectivity index (χ3n) is 5.89. The summed E-state index contributed by atoms with van der Waals surface area (Å²) in [5.41, 5.74) is 1.68. The molecule has 9 heteroatoms. The highest BCUT2D eigenvalue weighted by Crippen LogP contribution is 2.34. The van der Waals surface area contributed by atoms with Crippen LogP contribution in [-0.2, 0) is 17.9 Å². The molecule has 0 saturated heterocycles. The van der Waals surface area contributed by atoms with Crippen molar-refractivity contribution in [3.05, 3.63) is 82.9 Å². The molecule has 0 aromatic heterocycles. The lowest BCUT2D eigenvalue weighted by Crippen LogP contribution is -2.38. The normalized spacial score (nSPS) is 16.4. The maximum Gasteiger partial charge on any atom is 0.264 e. The number of ether oxygens (including phenoxy) is 3.